The van der Waals surface area contributed by atoms with E-state index in [1.54, 1.807) is 0 Å². The molecule has 0 unspecified atom stereocenters. The Bertz CT molecular complexity index is 263. The van der Waals surface area contributed by atoms with Crippen molar-refractivity contribution in [1.29, 1.82) is 0.594 Å². The van der Waals surface area contributed by atoms with Gasteiger partial charge < -0.3 is 0 Å². The third-order valence-electron chi connectivity index (χ3n) is 3.48. The first-order chi connectivity index (χ1) is 7.86. The van der Waals surface area contributed by atoms with Crippen LogP contribution < -0.4 is 0 Å². The van der Waals surface area contributed by atoms with Crippen molar-refractivity contribution >= 4 is 21.6 Å². The van der Waals surface area contributed by atoms with Crippen LogP contribution in [0.2, 0.25) is 0 Å². The molecule has 0 N–H and O–H groups in total. The molecule has 1 aliphatic rings. The van der Waals surface area contributed by atoms with E-state index in [2.05, 4.69) is 26.0 Å². The maximum absolute atomic E-state index is 13.8. The molecule has 1 atom stereocenters. The second-order valence-electron chi connectivity index (χ2n) is 6.08. The summed E-state index contributed by atoms with van der Waals surface area (Å²) in [6, 6.07) is 0. The number of allylic oxidation sites excluding steroid dienone is 2. The van der Waals surface area contributed by atoms with E-state index in [0.717, 1.165) is 38.5 Å². The van der Waals surface area contributed by atoms with Gasteiger partial charge in [0.05, 0.1) is 0 Å². The Kier molecular flexibility index (Phi) is 5.11. The van der Waals surface area contributed by atoms with Crippen molar-refractivity contribution in [2.45, 2.75) is 69.1 Å². The molecule has 0 aromatic rings. The second-order valence-corrected chi connectivity index (χ2v) is 9.09. The molecule has 0 amide bonds. The zero-order valence-corrected chi connectivity index (χ0v) is 13.0. The Balaban J connectivity index is 2.77. The standard InChI is InChI=1S/C14H26FI/c1-13(2)10-8-6-4-5-7-9-11-14(3,12-13)16-15/h4-5,16H,6-12H2,1-3H3/b5-4-/t14-/m1/s1/i16T. The van der Waals surface area contributed by atoms with E-state index in [1.165, 1.54) is 6.42 Å². The van der Waals surface area contributed by atoms with E-state index in [4.69, 9.17) is 0.594 Å². The molecule has 0 radical (unpaired) electrons. The third kappa shape index (κ3) is 5.15. The summed E-state index contributed by atoms with van der Waals surface area (Å²) < 4.78 is 21.1. The topological polar surface area (TPSA) is 0 Å². The molecule has 0 saturated heterocycles. The zero-order valence-electron chi connectivity index (χ0n) is 11.9. The molecule has 0 bridgehead atoms. The zero-order chi connectivity index (χ0) is 12.9. The number of alkyl halides is 1. The van der Waals surface area contributed by atoms with Crippen LogP contribution in [0.1, 0.15) is 65.7 Å². The Morgan fingerprint density at radius 2 is 1.69 bits per heavy atom. The molecule has 0 aromatic heterocycles. The number of hydrogen-bond acceptors (Lipinski definition) is 0. The molecule has 96 valence electrons. The Morgan fingerprint density at radius 1 is 1.12 bits per heavy atom. The summed E-state index contributed by atoms with van der Waals surface area (Å²) in [5, 5.41) is 0. The predicted molar refractivity (Wildman–Crippen MR) is 80.2 cm³/mol. The maximum atomic E-state index is 13.8. The second kappa shape index (κ2) is 6.36. The van der Waals surface area contributed by atoms with Crippen LogP contribution in [0.4, 0.5) is 2.86 Å². The average molecular weight is 342 g/mol. The van der Waals surface area contributed by atoms with Gasteiger partial charge in [0.1, 0.15) is 0 Å². The van der Waals surface area contributed by atoms with Crippen LogP contribution in [0.3, 0.4) is 0 Å². The molecule has 1 rings (SSSR count). The summed E-state index contributed by atoms with van der Waals surface area (Å²) >= 11 is -3.00. The van der Waals surface area contributed by atoms with Gasteiger partial charge in [-0.05, 0) is 0 Å². The SMILES string of the molecule is [3H]I(F)[C@]1(C)CCC/C=C\CCCC(C)(C)C1. The molecule has 0 saturated carbocycles. The number of rotatable bonds is 1. The molecule has 0 aliphatic heterocycles. The summed E-state index contributed by atoms with van der Waals surface area (Å²) in [7, 11) is 0. The van der Waals surface area contributed by atoms with Gasteiger partial charge in [-0.1, -0.05) is 0 Å². The molecule has 0 fully saturated rings. The van der Waals surface area contributed by atoms with Gasteiger partial charge in [0.25, 0.3) is 0 Å². The molecule has 0 aromatic carbocycles. The van der Waals surface area contributed by atoms with Crippen molar-refractivity contribution in [1.82, 2.24) is 0 Å². The summed E-state index contributed by atoms with van der Waals surface area (Å²) in [5.41, 5.74) is 0.190. The van der Waals surface area contributed by atoms with Crippen LogP contribution in [-0.2, 0) is 0 Å². The summed E-state index contributed by atoms with van der Waals surface area (Å²) in [5.74, 6) is 0. The molecule has 0 spiro atoms. The first kappa shape index (κ1) is 12.8. The first-order valence-corrected chi connectivity index (χ1v) is 8.29. The van der Waals surface area contributed by atoms with Gasteiger partial charge in [-0.2, -0.15) is 0 Å². The third-order valence-corrected chi connectivity index (χ3v) is 5.38. The van der Waals surface area contributed by atoms with E-state index >= 15 is 0 Å². The Morgan fingerprint density at radius 3 is 2.25 bits per heavy atom. The van der Waals surface area contributed by atoms with Crippen LogP contribution in [0, 0.1) is 5.41 Å². The van der Waals surface area contributed by atoms with E-state index in [0.29, 0.717) is 0 Å². The Labute approximate surface area is 112 Å². The molecule has 0 heterocycles. The van der Waals surface area contributed by atoms with Crippen LogP contribution in [0.15, 0.2) is 12.2 Å². The normalized spacial score (nSPS) is 35.8. The van der Waals surface area contributed by atoms with Crippen molar-refractivity contribution in [3.05, 3.63) is 12.2 Å². The van der Waals surface area contributed by atoms with Gasteiger partial charge in [-0.25, -0.2) is 0 Å². The number of halogens is 2. The summed E-state index contributed by atoms with van der Waals surface area (Å²) in [6.07, 6.45) is 11.9. The minimum atomic E-state index is -3.00. The van der Waals surface area contributed by atoms with Gasteiger partial charge in [-0.3, -0.25) is 0 Å². The van der Waals surface area contributed by atoms with E-state index in [-0.39, 0.29) is 8.84 Å². The van der Waals surface area contributed by atoms with E-state index in [1.807, 2.05) is 6.92 Å². The van der Waals surface area contributed by atoms with Gasteiger partial charge in [-0.15, -0.1) is 0 Å². The average Bonchev–Trinajstić information content (AvgIpc) is 2.22. The molecule has 16 heavy (non-hydrogen) atoms. The van der Waals surface area contributed by atoms with Crippen molar-refractivity contribution in [3.8, 4) is 0 Å². The number of hydrogen-bond donors (Lipinski definition) is 0. The van der Waals surface area contributed by atoms with Gasteiger partial charge >= 0.3 is 112 Å². The van der Waals surface area contributed by atoms with Crippen LogP contribution in [0.5, 0.6) is 0 Å². The van der Waals surface area contributed by atoms with Gasteiger partial charge in [0, 0.05) is 0 Å². The summed E-state index contributed by atoms with van der Waals surface area (Å²) in [4.78, 5) is 0. The van der Waals surface area contributed by atoms with Crippen molar-refractivity contribution in [3.63, 3.8) is 0 Å². The fraction of sp³-hybridized carbons (Fsp3) is 0.857. The molecule has 1 aliphatic carbocycles. The van der Waals surface area contributed by atoms with Crippen molar-refractivity contribution in [2.75, 3.05) is 0 Å². The quantitative estimate of drug-likeness (QED) is 0.328. The summed E-state index contributed by atoms with van der Waals surface area (Å²) in [6.45, 7) is 6.51. The van der Waals surface area contributed by atoms with Crippen LogP contribution >= 0.6 is 21.6 Å². The predicted octanol–water partition coefficient (Wildman–Crippen LogP) is 5.66. The van der Waals surface area contributed by atoms with Gasteiger partial charge in [0.2, 0.25) is 0 Å². The van der Waals surface area contributed by atoms with Gasteiger partial charge in [0.15, 0.2) is 0 Å². The molecule has 2 heteroatoms. The van der Waals surface area contributed by atoms with E-state index in [9.17, 15) is 2.86 Å². The molecule has 0 nitrogen and oxygen atoms in total. The van der Waals surface area contributed by atoms with Crippen molar-refractivity contribution < 1.29 is 2.86 Å². The van der Waals surface area contributed by atoms with E-state index < -0.39 is 21.6 Å². The minimum absolute atomic E-state index is 0.190. The fourth-order valence-corrected chi connectivity index (χ4v) is 4.52. The van der Waals surface area contributed by atoms with Crippen LogP contribution in [0.25, 0.3) is 0 Å². The Hall–Kier alpha value is 0.400. The molecular weight excluding hydrogens is 314 g/mol. The van der Waals surface area contributed by atoms with Crippen LogP contribution in [-0.4, -0.2) is 4.02 Å². The van der Waals surface area contributed by atoms with Crippen molar-refractivity contribution in [2.24, 2.45) is 5.41 Å². The first-order valence-electron chi connectivity index (χ1n) is 6.77. The fourth-order valence-electron chi connectivity index (χ4n) is 2.76. The molecular formula is C14H26FI. The monoisotopic (exact) mass is 342 g/mol.